The molecule has 0 saturated heterocycles. The van der Waals surface area contributed by atoms with Gasteiger partial charge in [0.05, 0.1) is 33.3 Å². The Hall–Kier alpha value is -3.41. The molecule has 0 aliphatic carbocycles. The smallest absolute Gasteiger partial charge is 0.255 e. The quantitative estimate of drug-likeness (QED) is 0.889. The molecular formula is C20H19NO5. The molecule has 0 radical (unpaired) electrons. The molecule has 0 saturated carbocycles. The third kappa shape index (κ3) is 3.64. The molecule has 26 heavy (non-hydrogen) atoms. The number of ether oxygens (including phenoxy) is 4. The average molecular weight is 353 g/mol. The minimum Gasteiger partial charge on any atom is -0.497 e. The van der Waals surface area contributed by atoms with E-state index in [1.54, 1.807) is 63.8 Å². The lowest BCUT2D eigenvalue weighted by Gasteiger charge is -2.12. The van der Waals surface area contributed by atoms with Gasteiger partial charge in [0, 0.05) is 17.2 Å². The number of fused-ring (bicyclic) bond motifs is 1. The lowest BCUT2D eigenvalue weighted by molar-refractivity contribution is -0.112. The van der Waals surface area contributed by atoms with Crippen molar-refractivity contribution in [3.8, 4) is 23.0 Å². The summed E-state index contributed by atoms with van der Waals surface area (Å²) < 4.78 is 21.3. The van der Waals surface area contributed by atoms with Crippen molar-refractivity contribution >= 4 is 17.7 Å². The largest absolute Gasteiger partial charge is 0.497 e. The van der Waals surface area contributed by atoms with Crippen LogP contribution in [-0.2, 0) is 4.79 Å². The van der Waals surface area contributed by atoms with E-state index >= 15 is 0 Å². The predicted octanol–water partition coefficient (Wildman–Crippen LogP) is 3.64. The maximum atomic E-state index is 12.7. The van der Waals surface area contributed by atoms with Crippen molar-refractivity contribution in [2.24, 2.45) is 0 Å². The van der Waals surface area contributed by atoms with Crippen molar-refractivity contribution in [3.05, 3.63) is 59.9 Å². The molecule has 0 atom stereocenters. The van der Waals surface area contributed by atoms with Crippen LogP contribution in [0.15, 0.2) is 54.3 Å². The van der Waals surface area contributed by atoms with Crippen molar-refractivity contribution in [1.82, 2.24) is 0 Å². The normalized spacial score (nSPS) is 12.2. The third-order valence-electron chi connectivity index (χ3n) is 3.89. The molecule has 0 spiro atoms. The Kier molecular flexibility index (Phi) is 5.12. The Labute approximate surface area is 151 Å². The Morgan fingerprint density at radius 3 is 2.42 bits per heavy atom. The second-order valence-electron chi connectivity index (χ2n) is 5.44. The number of anilines is 1. The Balaban J connectivity index is 1.91. The summed E-state index contributed by atoms with van der Waals surface area (Å²) in [6, 6.07) is 10.6. The second kappa shape index (κ2) is 7.65. The summed E-state index contributed by atoms with van der Waals surface area (Å²) in [5.74, 6) is 2.18. The summed E-state index contributed by atoms with van der Waals surface area (Å²) in [6.45, 7) is 0. The molecule has 134 valence electrons. The monoisotopic (exact) mass is 353 g/mol. The Bertz CT molecular complexity index is 886. The van der Waals surface area contributed by atoms with Crippen LogP contribution in [-0.4, -0.2) is 27.2 Å². The van der Waals surface area contributed by atoms with Crippen LogP contribution in [0.25, 0.3) is 6.08 Å². The number of hydrogen-bond acceptors (Lipinski definition) is 5. The van der Waals surface area contributed by atoms with E-state index in [4.69, 9.17) is 18.9 Å². The minimum atomic E-state index is -0.299. The molecular weight excluding hydrogens is 334 g/mol. The number of hydrogen-bond donors (Lipinski definition) is 1. The molecule has 0 aromatic heterocycles. The first-order valence-corrected chi connectivity index (χ1v) is 7.91. The number of carbonyl (C=O) groups is 1. The standard InChI is InChI=1S/C20H19NO5/c1-23-15-4-6-18-14(11-15)10-13(8-9-26-18)20(22)21-17-12-16(24-2)5-7-19(17)25-3/h4-12H,1-3H3,(H,21,22). The first kappa shape index (κ1) is 17.4. The summed E-state index contributed by atoms with van der Waals surface area (Å²) in [5, 5.41) is 2.84. The fraction of sp³-hybridized carbons (Fsp3) is 0.150. The Morgan fingerprint density at radius 1 is 0.962 bits per heavy atom. The number of nitrogens with one attached hydrogen (secondary N) is 1. The number of amides is 1. The molecule has 6 heteroatoms. The SMILES string of the molecule is COc1ccc2c(c1)C=C(C(=O)Nc1cc(OC)ccc1OC)C=CO2. The second-order valence-corrected chi connectivity index (χ2v) is 5.44. The molecule has 3 rings (SSSR count). The molecule has 0 unspecified atom stereocenters. The molecule has 1 amide bonds. The van der Waals surface area contributed by atoms with Gasteiger partial charge in [0.1, 0.15) is 23.0 Å². The van der Waals surface area contributed by atoms with Crippen LogP contribution in [0, 0.1) is 0 Å². The summed E-state index contributed by atoms with van der Waals surface area (Å²) in [6.07, 6.45) is 4.82. The predicted molar refractivity (Wildman–Crippen MR) is 98.9 cm³/mol. The van der Waals surface area contributed by atoms with Crippen molar-refractivity contribution < 1.29 is 23.7 Å². The summed E-state index contributed by atoms with van der Waals surface area (Å²) in [4.78, 5) is 12.7. The molecule has 2 aromatic carbocycles. The molecule has 6 nitrogen and oxygen atoms in total. The van der Waals surface area contributed by atoms with Gasteiger partial charge >= 0.3 is 0 Å². The number of rotatable bonds is 5. The van der Waals surface area contributed by atoms with Gasteiger partial charge in [-0.3, -0.25) is 4.79 Å². The molecule has 1 heterocycles. The van der Waals surface area contributed by atoms with Crippen LogP contribution in [0.5, 0.6) is 23.0 Å². The maximum absolute atomic E-state index is 12.7. The van der Waals surface area contributed by atoms with Gasteiger partial charge in [-0.15, -0.1) is 0 Å². The van der Waals surface area contributed by atoms with E-state index < -0.39 is 0 Å². The highest BCUT2D eigenvalue weighted by molar-refractivity contribution is 6.09. The van der Waals surface area contributed by atoms with E-state index in [1.165, 1.54) is 6.26 Å². The van der Waals surface area contributed by atoms with Gasteiger partial charge in [-0.2, -0.15) is 0 Å². The van der Waals surface area contributed by atoms with Crippen molar-refractivity contribution in [1.29, 1.82) is 0 Å². The van der Waals surface area contributed by atoms with Crippen molar-refractivity contribution in [2.75, 3.05) is 26.6 Å². The number of methoxy groups -OCH3 is 3. The fourth-order valence-electron chi connectivity index (χ4n) is 2.52. The average Bonchev–Trinajstić information content (AvgIpc) is 2.89. The van der Waals surface area contributed by atoms with E-state index in [0.717, 1.165) is 5.56 Å². The minimum absolute atomic E-state index is 0.299. The molecule has 1 aliphatic heterocycles. The van der Waals surface area contributed by atoms with Crippen LogP contribution in [0.1, 0.15) is 5.56 Å². The van der Waals surface area contributed by atoms with Gasteiger partial charge in [0.15, 0.2) is 0 Å². The first-order valence-electron chi connectivity index (χ1n) is 7.91. The van der Waals surface area contributed by atoms with Gasteiger partial charge in [-0.05, 0) is 42.5 Å². The molecule has 0 fully saturated rings. The number of carbonyl (C=O) groups excluding carboxylic acids is 1. The van der Waals surface area contributed by atoms with E-state index in [9.17, 15) is 4.79 Å². The maximum Gasteiger partial charge on any atom is 0.255 e. The first-order chi connectivity index (χ1) is 12.6. The van der Waals surface area contributed by atoms with Gasteiger partial charge in [0.2, 0.25) is 0 Å². The fourth-order valence-corrected chi connectivity index (χ4v) is 2.52. The van der Waals surface area contributed by atoms with Gasteiger partial charge in [-0.1, -0.05) is 0 Å². The van der Waals surface area contributed by atoms with Crippen molar-refractivity contribution in [3.63, 3.8) is 0 Å². The molecule has 1 N–H and O–H groups in total. The lowest BCUT2D eigenvalue weighted by atomic mass is 10.1. The third-order valence-corrected chi connectivity index (χ3v) is 3.89. The zero-order valence-electron chi connectivity index (χ0n) is 14.7. The van der Waals surface area contributed by atoms with E-state index in [0.29, 0.717) is 34.3 Å². The van der Waals surface area contributed by atoms with Crippen LogP contribution in [0.4, 0.5) is 5.69 Å². The summed E-state index contributed by atoms with van der Waals surface area (Å²) in [5.41, 5.74) is 1.70. The van der Waals surface area contributed by atoms with Gasteiger partial charge in [-0.25, -0.2) is 0 Å². The molecule has 2 aromatic rings. The zero-order chi connectivity index (χ0) is 18.5. The van der Waals surface area contributed by atoms with Gasteiger partial charge < -0.3 is 24.3 Å². The topological polar surface area (TPSA) is 66.0 Å². The van der Waals surface area contributed by atoms with Crippen LogP contribution in [0.3, 0.4) is 0 Å². The van der Waals surface area contributed by atoms with Gasteiger partial charge in [0.25, 0.3) is 5.91 Å². The highest BCUT2D eigenvalue weighted by atomic mass is 16.5. The van der Waals surface area contributed by atoms with Crippen molar-refractivity contribution in [2.45, 2.75) is 0 Å². The highest BCUT2D eigenvalue weighted by Gasteiger charge is 2.15. The number of benzene rings is 2. The van der Waals surface area contributed by atoms with E-state index in [-0.39, 0.29) is 5.91 Å². The van der Waals surface area contributed by atoms with E-state index in [1.807, 2.05) is 6.07 Å². The molecule has 1 aliphatic rings. The van der Waals surface area contributed by atoms with Crippen LogP contribution < -0.4 is 24.3 Å². The summed E-state index contributed by atoms with van der Waals surface area (Å²) in [7, 11) is 4.69. The van der Waals surface area contributed by atoms with Crippen LogP contribution in [0.2, 0.25) is 0 Å². The zero-order valence-corrected chi connectivity index (χ0v) is 14.7. The lowest BCUT2D eigenvalue weighted by Crippen LogP contribution is -2.14. The van der Waals surface area contributed by atoms with E-state index in [2.05, 4.69) is 5.32 Å². The van der Waals surface area contributed by atoms with Crippen LogP contribution >= 0.6 is 0 Å². The summed E-state index contributed by atoms with van der Waals surface area (Å²) >= 11 is 0. The Morgan fingerprint density at radius 2 is 1.69 bits per heavy atom. The molecule has 0 bridgehead atoms. The highest BCUT2D eigenvalue weighted by Crippen LogP contribution is 2.31.